The third-order valence-corrected chi connectivity index (χ3v) is 10.00. The van der Waals surface area contributed by atoms with Crippen molar-refractivity contribution in [2.24, 2.45) is 11.8 Å². The Kier molecular flexibility index (Phi) is 23.1. The van der Waals surface area contributed by atoms with Gasteiger partial charge >= 0.3 is 0 Å². The van der Waals surface area contributed by atoms with Crippen LogP contribution in [-0.4, -0.2) is 41.5 Å². The first-order valence-corrected chi connectivity index (χ1v) is 17.9. The van der Waals surface area contributed by atoms with Crippen LogP contribution < -0.4 is 0 Å². The van der Waals surface area contributed by atoms with Gasteiger partial charge in [-0.05, 0) is 30.4 Å². The van der Waals surface area contributed by atoms with Gasteiger partial charge in [0.2, 0.25) is 14.0 Å². The Balaban J connectivity index is 2.45. The highest BCUT2D eigenvalue weighted by Crippen LogP contribution is 2.35. The molecule has 1 N–H and O–H groups in total. The van der Waals surface area contributed by atoms with Crippen molar-refractivity contribution in [2.75, 3.05) is 24.7 Å². The van der Waals surface area contributed by atoms with E-state index in [9.17, 15) is 9.67 Å². The van der Waals surface area contributed by atoms with Gasteiger partial charge < -0.3 is 14.6 Å². The van der Waals surface area contributed by atoms with Crippen LogP contribution in [0.2, 0.25) is 0 Å². The molecular weight excluding hydrogens is 499 g/mol. The second-order valence-electron chi connectivity index (χ2n) is 11.3. The van der Waals surface area contributed by atoms with Crippen molar-refractivity contribution in [3.63, 3.8) is 0 Å². The first-order valence-electron chi connectivity index (χ1n) is 16.0. The zero-order chi connectivity index (χ0) is 27.0. The van der Waals surface area contributed by atoms with Crippen LogP contribution in [0.4, 0.5) is 0 Å². The Bertz CT molecular complexity index is 515. The van der Waals surface area contributed by atoms with Crippen LogP contribution >= 0.6 is 20.2 Å². The second-order valence-corrected chi connectivity index (χ2v) is 13.4. The van der Waals surface area contributed by atoms with Gasteiger partial charge in [-0.2, -0.15) is 11.8 Å². The summed E-state index contributed by atoms with van der Waals surface area (Å²) < 4.78 is 23.3. The fourth-order valence-corrected chi connectivity index (χ4v) is 6.90. The number of unbranched alkanes of at least 4 members (excludes halogenated alkanes) is 9. The summed E-state index contributed by atoms with van der Waals surface area (Å²) in [5, 5.41) is 10.3. The molecular formula is C31H61O4PS. The minimum atomic E-state index is -1.59. The summed E-state index contributed by atoms with van der Waals surface area (Å²) in [5.74, 6) is 3.84. The lowest BCUT2D eigenvalue weighted by Gasteiger charge is -2.27. The maximum Gasteiger partial charge on any atom is 0.248 e. The van der Waals surface area contributed by atoms with Crippen LogP contribution in [0.15, 0.2) is 0 Å². The average molecular weight is 561 g/mol. The molecule has 1 aliphatic carbocycles. The molecule has 6 heteroatoms. The van der Waals surface area contributed by atoms with Gasteiger partial charge in [0.1, 0.15) is 0 Å². The van der Waals surface area contributed by atoms with Crippen LogP contribution in [0.5, 0.6) is 0 Å². The van der Waals surface area contributed by atoms with Crippen molar-refractivity contribution in [1.82, 2.24) is 0 Å². The highest BCUT2D eigenvalue weighted by atomic mass is 32.2. The van der Waals surface area contributed by atoms with Gasteiger partial charge in [0.15, 0.2) is 0 Å². The van der Waals surface area contributed by atoms with Gasteiger partial charge in [0, 0.05) is 18.8 Å². The Morgan fingerprint density at radius 3 is 2.11 bits per heavy atom. The van der Waals surface area contributed by atoms with Crippen LogP contribution in [0.3, 0.4) is 0 Å². The summed E-state index contributed by atoms with van der Waals surface area (Å²) in [6.07, 6.45) is 25.8. The number of hydrogen-bond acceptors (Lipinski definition) is 5. The number of thioether (sulfide) groups is 1. The molecule has 1 fully saturated rings. The van der Waals surface area contributed by atoms with Crippen LogP contribution in [0.25, 0.3) is 0 Å². The summed E-state index contributed by atoms with van der Waals surface area (Å²) in [6.45, 7) is 7.40. The topological polar surface area (TPSA) is 55.8 Å². The van der Waals surface area contributed by atoms with E-state index in [-0.39, 0.29) is 14.6 Å². The van der Waals surface area contributed by atoms with Crippen molar-refractivity contribution in [2.45, 2.75) is 161 Å². The first kappa shape index (κ1) is 35.4. The minimum absolute atomic E-state index is 0.0641. The van der Waals surface area contributed by atoms with Gasteiger partial charge in [-0.3, -0.25) is 4.57 Å². The fourth-order valence-electron chi connectivity index (χ4n) is 5.55. The predicted molar refractivity (Wildman–Crippen MR) is 162 cm³/mol. The van der Waals surface area contributed by atoms with Crippen molar-refractivity contribution in [3.8, 4) is 0 Å². The smallest absolute Gasteiger partial charge is 0.248 e. The van der Waals surface area contributed by atoms with Gasteiger partial charge in [-0.25, -0.2) is 0 Å². The lowest BCUT2D eigenvalue weighted by atomic mass is 9.81. The molecule has 4 nitrogen and oxygen atoms in total. The molecule has 0 aromatic heterocycles. The third kappa shape index (κ3) is 18.3. The zero-order valence-electron chi connectivity index (χ0n) is 24.7. The van der Waals surface area contributed by atoms with Gasteiger partial charge in [-0.15, -0.1) is 0 Å². The molecule has 1 rings (SSSR count). The van der Waals surface area contributed by atoms with E-state index in [0.717, 1.165) is 30.6 Å². The van der Waals surface area contributed by atoms with Crippen LogP contribution in [-0.2, 0) is 14.0 Å². The van der Waals surface area contributed by atoms with Crippen molar-refractivity contribution < 1.29 is 19.1 Å². The monoisotopic (exact) mass is 560 g/mol. The average Bonchev–Trinajstić information content (AvgIpc) is 3.21. The number of rotatable bonds is 25. The summed E-state index contributed by atoms with van der Waals surface area (Å²) in [7, 11) is -0.369. The molecule has 37 heavy (non-hydrogen) atoms. The molecule has 3 atom stereocenters. The van der Waals surface area contributed by atoms with E-state index in [2.05, 4.69) is 13.8 Å². The van der Waals surface area contributed by atoms with E-state index in [1.54, 1.807) is 6.92 Å². The van der Waals surface area contributed by atoms with Gasteiger partial charge in [0.25, 0.3) is 0 Å². The lowest BCUT2D eigenvalue weighted by Crippen LogP contribution is -2.32. The minimum Gasteiger partial charge on any atom is -0.375 e. The molecule has 0 aromatic carbocycles. The van der Waals surface area contributed by atoms with E-state index < -0.39 is 5.53 Å². The zero-order valence-corrected chi connectivity index (χ0v) is 26.4. The Morgan fingerprint density at radius 1 is 0.865 bits per heavy atom. The number of aliphatic hydroxyl groups is 1. The second kappa shape index (κ2) is 24.2. The molecule has 3 unspecified atom stereocenters. The molecule has 0 heterocycles. The molecule has 220 valence electrons. The van der Waals surface area contributed by atoms with Crippen molar-refractivity contribution in [1.29, 1.82) is 0 Å². The largest absolute Gasteiger partial charge is 0.375 e. The lowest BCUT2D eigenvalue weighted by molar-refractivity contribution is -0.158. The number of hydrogen-bond donors (Lipinski definition) is 1. The summed E-state index contributed by atoms with van der Waals surface area (Å²) in [5.41, 5.74) is -1.59. The van der Waals surface area contributed by atoms with E-state index >= 15 is 0 Å². The Hall–Kier alpha value is 0.330. The van der Waals surface area contributed by atoms with Crippen molar-refractivity contribution in [3.05, 3.63) is 0 Å². The molecule has 1 aliphatic rings. The van der Waals surface area contributed by atoms with E-state index in [4.69, 9.17) is 9.47 Å². The van der Waals surface area contributed by atoms with Gasteiger partial charge in [-0.1, -0.05) is 130 Å². The van der Waals surface area contributed by atoms with E-state index in [1.165, 1.54) is 121 Å². The summed E-state index contributed by atoms with van der Waals surface area (Å²) in [6, 6.07) is 0. The van der Waals surface area contributed by atoms with Crippen LogP contribution in [0.1, 0.15) is 149 Å². The maximum atomic E-state index is 11.4. The standard InChI is InChI=1S/C31H61O4PS/c1-4-7-9-10-11-12-15-19-24-34-30(26-35-31(32,6-3)36-33)27-37-25-23-29(20-16-8-5-2)28-21-17-13-14-18-22-28/h28-30,32H,4-27H2,1-3H3. The molecule has 0 aliphatic heterocycles. The Morgan fingerprint density at radius 2 is 1.49 bits per heavy atom. The third-order valence-electron chi connectivity index (χ3n) is 8.14. The van der Waals surface area contributed by atoms with Crippen LogP contribution in [0, 0.1) is 11.8 Å². The maximum absolute atomic E-state index is 11.4. The first-order chi connectivity index (χ1) is 18.1. The molecule has 0 amide bonds. The molecule has 1 saturated carbocycles. The normalized spacial score (nSPS) is 18.5. The molecule has 0 bridgehead atoms. The van der Waals surface area contributed by atoms with Crippen molar-refractivity contribution >= 4 is 20.2 Å². The fraction of sp³-hybridized carbons (Fsp3) is 1.00. The highest BCUT2D eigenvalue weighted by molar-refractivity contribution is 7.99. The Labute approximate surface area is 236 Å². The molecule has 0 saturated heterocycles. The summed E-state index contributed by atoms with van der Waals surface area (Å²) >= 11 is 1.98. The predicted octanol–water partition coefficient (Wildman–Crippen LogP) is 10.2. The summed E-state index contributed by atoms with van der Waals surface area (Å²) in [4.78, 5) is 0. The molecule has 0 radical (unpaired) electrons. The SMILES string of the molecule is CCCCCCCCCCOC(COC(O)(CC)P=O)CSCCC(CCCCC)C1CCCCCC1. The van der Waals surface area contributed by atoms with E-state index in [0.29, 0.717) is 13.0 Å². The highest BCUT2D eigenvalue weighted by Gasteiger charge is 2.28. The van der Waals surface area contributed by atoms with E-state index in [1.807, 2.05) is 11.8 Å². The quantitative estimate of drug-likeness (QED) is 0.0521. The number of ether oxygens (including phenoxy) is 2. The van der Waals surface area contributed by atoms with Gasteiger partial charge in [0.05, 0.1) is 12.7 Å². The molecule has 0 aromatic rings. The molecule has 0 spiro atoms.